The highest BCUT2D eigenvalue weighted by molar-refractivity contribution is 6.24. The highest BCUT2D eigenvalue weighted by atomic mass is 15.1. The summed E-state index contributed by atoms with van der Waals surface area (Å²) in [5.41, 5.74) is 26.0. The summed E-state index contributed by atoms with van der Waals surface area (Å²) < 4.78 is 0. The predicted octanol–water partition coefficient (Wildman–Crippen LogP) is 20.9. The van der Waals surface area contributed by atoms with Crippen LogP contribution >= 0.6 is 0 Å². The van der Waals surface area contributed by atoms with Crippen LogP contribution < -0.4 is 4.90 Å². The van der Waals surface area contributed by atoms with Crippen LogP contribution in [0.1, 0.15) is 72.2 Å². The topological polar surface area (TPSA) is 3.24 Å². The van der Waals surface area contributed by atoms with E-state index in [1.54, 1.807) is 0 Å². The van der Waals surface area contributed by atoms with Gasteiger partial charge < -0.3 is 4.90 Å². The van der Waals surface area contributed by atoms with Crippen LogP contribution in [0.25, 0.3) is 88.0 Å². The summed E-state index contributed by atoms with van der Waals surface area (Å²) in [4.78, 5) is 2.49. The van der Waals surface area contributed by atoms with E-state index >= 15 is 0 Å². The van der Waals surface area contributed by atoms with E-state index < -0.39 is 5.41 Å². The van der Waals surface area contributed by atoms with Crippen molar-refractivity contribution in [2.75, 3.05) is 4.90 Å². The van der Waals surface area contributed by atoms with Crippen molar-refractivity contribution in [3.8, 4) is 55.6 Å². The zero-order valence-corrected chi connectivity index (χ0v) is 45.4. The van der Waals surface area contributed by atoms with Crippen molar-refractivity contribution in [3.63, 3.8) is 0 Å². The van der Waals surface area contributed by atoms with E-state index in [1.165, 1.54) is 132 Å². The molecule has 0 aromatic heterocycles. The normalized spacial score (nSPS) is 14.6. The maximum absolute atomic E-state index is 2.53. The number of benzene rings is 13. The van der Waals surface area contributed by atoms with E-state index in [1.807, 2.05) is 0 Å². The molecule has 0 aliphatic heterocycles. The van der Waals surface area contributed by atoms with Crippen LogP contribution in [0.3, 0.4) is 0 Å². The molecule has 0 bridgehead atoms. The van der Waals surface area contributed by atoms with Crippen molar-refractivity contribution >= 4 is 49.4 Å². The van der Waals surface area contributed by atoms with E-state index in [0.717, 1.165) is 17.1 Å². The zero-order valence-electron chi connectivity index (χ0n) is 45.4. The summed E-state index contributed by atoms with van der Waals surface area (Å²) in [6.45, 7) is 9.52. The van der Waals surface area contributed by atoms with E-state index in [4.69, 9.17) is 0 Å². The van der Waals surface area contributed by atoms with Crippen LogP contribution in [0.5, 0.6) is 0 Å². The molecular weight excluding hydrogens is 963 g/mol. The van der Waals surface area contributed by atoms with Crippen molar-refractivity contribution in [2.24, 2.45) is 0 Å². The van der Waals surface area contributed by atoms with E-state index in [0.29, 0.717) is 0 Å². The number of hydrogen-bond donors (Lipinski definition) is 0. The standard InChI is InChI=1S/C79H57N/c1-77(2)69-32-18-15-27-59(69)62-43-40-57(48-72(62)77)80(58-41-44-63-60-28-16-19-33-70(60)78(3,4)73(63)49-58)56-38-35-50(36-39-56)75-65-30-13-14-31-66(65)76(68-46-52-22-12-11-21-51(52)45-67(68)75)53-37-42-64-61-29-17-20-34-71(61)79(74(64)47-53,54-23-7-5-8-24-54)55-25-9-6-10-26-55/h5-49H,1-4H3. The average molecular weight is 1020 g/mol. The van der Waals surface area contributed by atoms with Gasteiger partial charge in [-0.2, -0.15) is 0 Å². The summed E-state index contributed by atoms with van der Waals surface area (Å²) in [6, 6.07) is 103. The molecule has 3 aliphatic rings. The van der Waals surface area contributed by atoms with Crippen LogP contribution in [0.4, 0.5) is 17.1 Å². The molecule has 3 aliphatic carbocycles. The Labute approximate surface area is 468 Å². The summed E-state index contributed by atoms with van der Waals surface area (Å²) >= 11 is 0. The summed E-state index contributed by atoms with van der Waals surface area (Å²) in [6.07, 6.45) is 0. The van der Waals surface area contributed by atoms with Gasteiger partial charge in [-0.25, -0.2) is 0 Å². The van der Waals surface area contributed by atoms with Gasteiger partial charge >= 0.3 is 0 Å². The van der Waals surface area contributed by atoms with Crippen LogP contribution in [-0.2, 0) is 16.2 Å². The highest BCUT2D eigenvalue weighted by Gasteiger charge is 2.46. The Kier molecular flexibility index (Phi) is 10.0. The molecule has 0 amide bonds. The van der Waals surface area contributed by atoms with E-state index in [2.05, 4.69) is 306 Å². The number of anilines is 3. The lowest BCUT2D eigenvalue weighted by Crippen LogP contribution is -2.28. The van der Waals surface area contributed by atoms with Crippen LogP contribution in [0.2, 0.25) is 0 Å². The highest BCUT2D eigenvalue weighted by Crippen LogP contribution is 2.58. The summed E-state index contributed by atoms with van der Waals surface area (Å²) in [7, 11) is 0. The van der Waals surface area contributed by atoms with Crippen molar-refractivity contribution in [2.45, 2.75) is 43.9 Å². The second kappa shape index (κ2) is 17.2. The smallest absolute Gasteiger partial charge is 0.0713 e. The monoisotopic (exact) mass is 1020 g/mol. The van der Waals surface area contributed by atoms with Crippen LogP contribution in [0, 0.1) is 0 Å². The average Bonchev–Trinajstić information content (AvgIpc) is 4.20. The largest absolute Gasteiger partial charge is 0.310 e. The fourth-order valence-corrected chi connectivity index (χ4v) is 15.0. The Morgan fingerprint density at radius 2 is 0.625 bits per heavy atom. The fourth-order valence-electron chi connectivity index (χ4n) is 15.0. The molecule has 0 fully saturated rings. The Morgan fingerprint density at radius 3 is 1.15 bits per heavy atom. The molecule has 378 valence electrons. The number of fused-ring (bicyclic) bond motifs is 12. The lowest BCUT2D eigenvalue weighted by Gasteiger charge is -2.34. The molecule has 1 nitrogen and oxygen atoms in total. The van der Waals surface area contributed by atoms with E-state index in [9.17, 15) is 0 Å². The van der Waals surface area contributed by atoms with Gasteiger partial charge in [-0.15, -0.1) is 0 Å². The maximum atomic E-state index is 2.53. The maximum Gasteiger partial charge on any atom is 0.0713 e. The lowest BCUT2D eigenvalue weighted by atomic mass is 9.67. The third-order valence-electron chi connectivity index (χ3n) is 18.7. The second-order valence-corrected chi connectivity index (χ2v) is 23.5. The van der Waals surface area contributed by atoms with Gasteiger partial charge in [-0.1, -0.05) is 246 Å². The van der Waals surface area contributed by atoms with Gasteiger partial charge in [0.15, 0.2) is 0 Å². The van der Waals surface area contributed by atoms with Crippen LogP contribution in [0.15, 0.2) is 273 Å². The third-order valence-corrected chi connectivity index (χ3v) is 18.7. The summed E-state index contributed by atoms with van der Waals surface area (Å²) in [5, 5.41) is 7.41. The second-order valence-electron chi connectivity index (χ2n) is 23.5. The molecule has 13 aromatic rings. The fraction of sp³-hybridized carbons (Fsp3) is 0.0886. The molecule has 0 N–H and O–H groups in total. The lowest BCUT2D eigenvalue weighted by molar-refractivity contribution is 0.660. The molecule has 1 heteroatoms. The first kappa shape index (κ1) is 46.5. The van der Waals surface area contributed by atoms with Gasteiger partial charge in [0.25, 0.3) is 0 Å². The molecule has 16 rings (SSSR count). The number of rotatable bonds is 7. The minimum atomic E-state index is -0.514. The molecule has 13 aromatic carbocycles. The number of nitrogens with zero attached hydrogens (tertiary/aromatic N) is 1. The Bertz CT molecular complexity index is 4550. The summed E-state index contributed by atoms with van der Waals surface area (Å²) in [5.74, 6) is 0. The third kappa shape index (κ3) is 6.52. The van der Waals surface area contributed by atoms with Crippen molar-refractivity contribution in [1.82, 2.24) is 0 Å². The van der Waals surface area contributed by atoms with E-state index in [-0.39, 0.29) is 10.8 Å². The molecule has 80 heavy (non-hydrogen) atoms. The van der Waals surface area contributed by atoms with Gasteiger partial charge in [-0.3, -0.25) is 0 Å². The number of hydrogen-bond acceptors (Lipinski definition) is 1. The van der Waals surface area contributed by atoms with Gasteiger partial charge in [0.05, 0.1) is 5.41 Å². The van der Waals surface area contributed by atoms with Crippen LogP contribution in [-0.4, -0.2) is 0 Å². The molecule has 0 radical (unpaired) electrons. The molecule has 0 spiro atoms. The minimum Gasteiger partial charge on any atom is -0.310 e. The molecule has 0 saturated heterocycles. The van der Waals surface area contributed by atoms with Gasteiger partial charge in [0.1, 0.15) is 0 Å². The SMILES string of the molecule is CC1(C)c2ccccc2-c2ccc(N(c3ccc(-c4c5ccccc5c(-c5ccc6c(c5)C(c5ccccc5)(c5ccccc5)c5ccccc5-6)c5cc6ccccc6cc45)cc3)c3ccc4c(c3)C(C)(C)c3ccccc3-4)cc21. The van der Waals surface area contributed by atoms with Gasteiger partial charge in [-0.05, 0) is 187 Å². The van der Waals surface area contributed by atoms with Crippen molar-refractivity contribution in [1.29, 1.82) is 0 Å². The molecule has 0 heterocycles. The molecule has 0 unspecified atom stereocenters. The predicted molar refractivity (Wildman–Crippen MR) is 337 cm³/mol. The first-order valence-electron chi connectivity index (χ1n) is 28.3. The van der Waals surface area contributed by atoms with Crippen molar-refractivity contribution in [3.05, 3.63) is 317 Å². The van der Waals surface area contributed by atoms with Crippen molar-refractivity contribution < 1.29 is 0 Å². The molecule has 0 saturated carbocycles. The quantitative estimate of drug-likeness (QED) is 0.144. The Morgan fingerprint density at radius 1 is 0.250 bits per heavy atom. The zero-order chi connectivity index (χ0) is 53.5. The van der Waals surface area contributed by atoms with Gasteiger partial charge in [0, 0.05) is 27.9 Å². The molecule has 0 atom stereocenters. The molecular formula is C79H57N. The first-order valence-corrected chi connectivity index (χ1v) is 28.3. The minimum absolute atomic E-state index is 0.144. The Hall–Kier alpha value is -9.56. The Balaban J connectivity index is 0.898. The van der Waals surface area contributed by atoms with Gasteiger partial charge in [0.2, 0.25) is 0 Å². The first-order chi connectivity index (χ1) is 39.2.